The molecule has 71 heavy (non-hydrogen) atoms. The van der Waals surface area contributed by atoms with Crippen LogP contribution in [0.25, 0.3) is 11.3 Å². The summed E-state index contributed by atoms with van der Waals surface area (Å²) in [5.41, 5.74) is 4.81. The largest absolute Gasteiger partial charge is 0.507 e. The molecule has 2 aliphatic carbocycles. The Kier molecular flexibility index (Phi) is 13.4. The molecule has 5 atom stereocenters. The van der Waals surface area contributed by atoms with Gasteiger partial charge in [0.05, 0.1) is 29.6 Å². The summed E-state index contributed by atoms with van der Waals surface area (Å²) in [6, 6.07) is 15.4. The average molecular weight is 964 g/mol. The molecule has 16 heteroatoms. The molecule has 5 fully saturated rings. The van der Waals surface area contributed by atoms with E-state index in [9.17, 15) is 24.6 Å². The van der Waals surface area contributed by atoms with E-state index in [1.54, 1.807) is 12.1 Å². The van der Waals surface area contributed by atoms with Crippen molar-refractivity contribution in [2.24, 2.45) is 16.7 Å². The van der Waals surface area contributed by atoms with Crippen molar-refractivity contribution in [2.75, 3.05) is 60.9 Å². The number of piperazine rings is 1. The summed E-state index contributed by atoms with van der Waals surface area (Å²) < 4.78 is 0. The molecule has 374 valence electrons. The van der Waals surface area contributed by atoms with Gasteiger partial charge in [-0.3, -0.25) is 14.4 Å². The Morgan fingerprint density at radius 2 is 1.61 bits per heavy atom. The number of piperidine rings is 1. The molecule has 6 heterocycles. The van der Waals surface area contributed by atoms with Gasteiger partial charge in [0, 0.05) is 74.6 Å². The van der Waals surface area contributed by atoms with Gasteiger partial charge in [0.25, 0.3) is 0 Å². The van der Waals surface area contributed by atoms with E-state index in [0.717, 1.165) is 106 Å². The second-order valence-electron chi connectivity index (χ2n) is 22.3. The van der Waals surface area contributed by atoms with Crippen LogP contribution < -0.4 is 25.8 Å². The number of para-hydroxylation sites is 1. The van der Waals surface area contributed by atoms with Crippen LogP contribution in [-0.2, 0) is 14.4 Å². The molecule has 1 spiro atoms. The highest BCUT2D eigenvalue weighted by atomic mass is 16.3. The highest BCUT2D eigenvalue weighted by Gasteiger charge is 2.50. The Hall–Kier alpha value is -6.31. The number of fused-ring (bicyclic) bond motifs is 3. The number of carbonyl (C=O) groups is 3. The lowest BCUT2D eigenvalue weighted by atomic mass is 9.56. The van der Waals surface area contributed by atoms with Crippen LogP contribution >= 0.6 is 0 Å². The minimum Gasteiger partial charge on any atom is -0.507 e. The third-order valence-electron chi connectivity index (χ3n) is 16.7. The van der Waals surface area contributed by atoms with Gasteiger partial charge < -0.3 is 45.8 Å². The van der Waals surface area contributed by atoms with Gasteiger partial charge >= 0.3 is 0 Å². The predicted molar refractivity (Wildman–Crippen MR) is 272 cm³/mol. The molecule has 16 nitrogen and oxygen atoms in total. The van der Waals surface area contributed by atoms with Crippen LogP contribution in [0, 0.1) is 29.1 Å². The molecule has 6 aliphatic rings. The zero-order valence-electron chi connectivity index (χ0n) is 41.6. The van der Waals surface area contributed by atoms with Gasteiger partial charge in [-0.25, -0.2) is 9.97 Å². The normalized spacial score (nSPS) is 26.5. The standard InChI is InChI=1S/C55H69N11O5/c1-6-35-11-13-36(14-12-35)34(2)59-51(70)46-25-42(67)33-66(46)52(71)48(54(3,4)5)60-50(69)38-15-19-55(20-16-38)27-40(28-55)63-21-17-37(18-22-63)39-29-57-53(58-30-39)64-23-24-65-41(32-64)31-56-49-45(65)26-44(61-62-49)43-9-7-8-10-47(43)68/h1,7-14,26,29-30,34,37-38,40-42,46,48,67-68H,15-25,27-28,31-33H2,2-5H3,(H,56,62)(H,59,70)(H,60,69)/t34-,38?,40?,41-,42+,46-,48+,55?/m0/s1. The fourth-order valence-corrected chi connectivity index (χ4v) is 12.3. The Balaban J connectivity index is 0.670. The number of phenols is 1. The highest BCUT2D eigenvalue weighted by molar-refractivity contribution is 5.93. The van der Waals surface area contributed by atoms with E-state index in [1.165, 1.54) is 23.3 Å². The van der Waals surface area contributed by atoms with E-state index >= 15 is 0 Å². The predicted octanol–water partition coefficient (Wildman–Crippen LogP) is 5.63. The maximum absolute atomic E-state index is 14.3. The van der Waals surface area contributed by atoms with Gasteiger partial charge in [0.15, 0.2) is 5.82 Å². The van der Waals surface area contributed by atoms with Crippen LogP contribution in [0.15, 0.2) is 67.0 Å². The summed E-state index contributed by atoms with van der Waals surface area (Å²) in [4.78, 5) is 60.5. The number of amides is 3. The lowest BCUT2D eigenvalue weighted by Crippen LogP contribution is -2.59. The molecular weight excluding hydrogens is 895 g/mol. The number of hydrogen-bond acceptors (Lipinski definition) is 13. The number of nitrogens with one attached hydrogen (secondary N) is 3. The van der Waals surface area contributed by atoms with Gasteiger partial charge in [0.2, 0.25) is 23.7 Å². The molecule has 0 radical (unpaired) electrons. The number of likely N-dealkylation sites (tertiary alicyclic amines) is 2. The number of β-amino-alcohol motifs (C(OH)–C–C–N with tert-alkyl or cyclic N) is 1. The van der Waals surface area contributed by atoms with E-state index in [0.29, 0.717) is 23.2 Å². The van der Waals surface area contributed by atoms with Gasteiger partial charge in [-0.2, -0.15) is 0 Å². The first kappa shape index (κ1) is 48.3. The van der Waals surface area contributed by atoms with Gasteiger partial charge in [-0.1, -0.05) is 51.0 Å². The maximum atomic E-state index is 14.3. The minimum absolute atomic E-state index is 0.0361. The van der Waals surface area contributed by atoms with Crippen molar-refractivity contribution in [1.29, 1.82) is 0 Å². The van der Waals surface area contributed by atoms with E-state index in [-0.39, 0.29) is 59.9 Å². The van der Waals surface area contributed by atoms with E-state index < -0.39 is 23.6 Å². The van der Waals surface area contributed by atoms with E-state index in [2.05, 4.69) is 46.8 Å². The molecule has 2 aromatic heterocycles. The molecule has 0 bridgehead atoms. The van der Waals surface area contributed by atoms with Crippen molar-refractivity contribution in [3.8, 4) is 29.4 Å². The number of hydrogen-bond donors (Lipinski definition) is 5. The monoisotopic (exact) mass is 964 g/mol. The number of aliphatic hydroxyl groups is 1. The SMILES string of the molecule is C#Cc1ccc([C@H](C)NC(=O)[C@@H]2C[C@@H](O)CN2C(=O)[C@@H](NC(=O)C2CCC3(CC2)CC(N2CCC(c4cnc(N5CCN6c7cc(-c8ccccc8O)nnc7NC[C@H]6C5)nc4)CC2)C3)C(C)(C)C)cc1. The van der Waals surface area contributed by atoms with Gasteiger partial charge in [-0.05, 0) is 130 Å². The molecule has 4 aromatic rings. The fourth-order valence-electron chi connectivity index (χ4n) is 12.3. The zero-order valence-corrected chi connectivity index (χ0v) is 41.6. The first-order valence-electron chi connectivity index (χ1n) is 25.8. The smallest absolute Gasteiger partial charge is 0.246 e. The molecule has 4 aliphatic heterocycles. The van der Waals surface area contributed by atoms with E-state index in [1.807, 2.05) is 82.6 Å². The Labute approximate surface area is 417 Å². The third-order valence-corrected chi connectivity index (χ3v) is 16.7. The molecule has 5 N–H and O–H groups in total. The summed E-state index contributed by atoms with van der Waals surface area (Å²) in [6.45, 7) is 13.0. The lowest BCUT2D eigenvalue weighted by Gasteiger charge is -2.55. The van der Waals surface area contributed by atoms with Crippen LogP contribution in [0.5, 0.6) is 5.75 Å². The number of aromatic hydroxyl groups is 1. The number of nitrogens with zero attached hydrogens (tertiary/aromatic N) is 8. The number of carbonyl (C=O) groups excluding carboxylic acids is 3. The van der Waals surface area contributed by atoms with Crippen molar-refractivity contribution < 1.29 is 24.6 Å². The van der Waals surface area contributed by atoms with Crippen molar-refractivity contribution in [3.05, 3.63) is 83.7 Å². The van der Waals surface area contributed by atoms with Crippen molar-refractivity contribution in [1.82, 2.24) is 40.6 Å². The number of aliphatic hydroxyl groups excluding tert-OH is 1. The van der Waals surface area contributed by atoms with Crippen LogP contribution in [0.3, 0.4) is 0 Å². The molecule has 0 unspecified atom stereocenters. The number of terminal acetylenes is 1. The second-order valence-corrected chi connectivity index (χ2v) is 22.3. The molecule has 10 rings (SSSR count). The second kappa shape index (κ2) is 19.7. The highest BCUT2D eigenvalue weighted by Crippen LogP contribution is 2.55. The van der Waals surface area contributed by atoms with Crippen molar-refractivity contribution in [2.45, 2.75) is 128 Å². The van der Waals surface area contributed by atoms with E-state index in [4.69, 9.17) is 16.4 Å². The number of aromatic nitrogens is 4. The van der Waals surface area contributed by atoms with Gasteiger partial charge in [-0.15, -0.1) is 16.6 Å². The molecule has 3 saturated heterocycles. The van der Waals surface area contributed by atoms with Crippen LogP contribution in [0.2, 0.25) is 0 Å². The first-order chi connectivity index (χ1) is 34.1. The fraction of sp³-hybridized carbons (Fsp3) is 0.545. The summed E-state index contributed by atoms with van der Waals surface area (Å²) in [5, 5.41) is 39.6. The average Bonchev–Trinajstić information content (AvgIpc) is 3.78. The number of rotatable bonds is 10. The lowest BCUT2D eigenvalue weighted by molar-refractivity contribution is -0.145. The summed E-state index contributed by atoms with van der Waals surface area (Å²) in [6.07, 6.45) is 17.0. The first-order valence-corrected chi connectivity index (χ1v) is 25.8. The van der Waals surface area contributed by atoms with Crippen molar-refractivity contribution >= 4 is 35.2 Å². The van der Waals surface area contributed by atoms with Crippen molar-refractivity contribution in [3.63, 3.8) is 0 Å². The number of benzene rings is 2. The molecule has 3 amide bonds. The number of phenolic OH excluding ortho intramolecular Hbond substituents is 1. The van der Waals surface area contributed by atoms with Crippen LogP contribution in [0.4, 0.5) is 17.5 Å². The summed E-state index contributed by atoms with van der Waals surface area (Å²) >= 11 is 0. The van der Waals surface area contributed by atoms with Gasteiger partial charge in [0.1, 0.15) is 17.8 Å². The summed E-state index contributed by atoms with van der Waals surface area (Å²) in [5.74, 6) is 3.82. The topological polar surface area (TPSA) is 192 Å². The van der Waals surface area contributed by atoms with Crippen LogP contribution in [0.1, 0.15) is 114 Å². The van der Waals surface area contributed by atoms with Crippen LogP contribution in [-0.4, -0.2) is 134 Å². The minimum atomic E-state index is -0.849. The molecular formula is C55H69N11O5. The quantitative estimate of drug-likeness (QED) is 0.123. The number of anilines is 3. The Morgan fingerprint density at radius 3 is 2.30 bits per heavy atom. The zero-order chi connectivity index (χ0) is 49.6. The summed E-state index contributed by atoms with van der Waals surface area (Å²) in [7, 11) is 0. The Morgan fingerprint density at radius 1 is 0.887 bits per heavy atom. The Bertz CT molecular complexity index is 2630. The maximum Gasteiger partial charge on any atom is 0.246 e. The third kappa shape index (κ3) is 10.00. The molecule has 2 saturated carbocycles. The molecule has 2 aromatic carbocycles.